The lowest BCUT2D eigenvalue weighted by Gasteiger charge is -2.33. The quantitative estimate of drug-likeness (QED) is 0.400. The maximum Gasteiger partial charge on any atom is 0.429 e. The van der Waals surface area contributed by atoms with Gasteiger partial charge in [-0.25, -0.2) is 19.3 Å². The fourth-order valence-electron chi connectivity index (χ4n) is 3.99. The largest absolute Gasteiger partial charge is 0.430 e. The molecule has 5 rings (SSSR count). The zero-order valence-electron chi connectivity index (χ0n) is 19.9. The van der Waals surface area contributed by atoms with Gasteiger partial charge in [-0.2, -0.15) is 8.78 Å². The fraction of sp³-hybridized carbons (Fsp3) is 0.320. The van der Waals surface area contributed by atoms with E-state index < -0.39 is 12.3 Å². The Bertz CT molecular complexity index is 1340. The molecule has 4 heterocycles. The summed E-state index contributed by atoms with van der Waals surface area (Å²) in [4.78, 5) is 18.1. The average molecular weight is 498 g/mol. The topological polar surface area (TPSA) is 70.8 Å². The molecule has 36 heavy (non-hydrogen) atoms. The standard InChI is InChI=1S/C25H26F3N7O/c1-17(26)25(27,28)36-20-5-3-4-19(14-20)32-23-24-31-16-21(35(24)9-8-29-23)18-6-7-22(30-15-18)34-12-10-33(2)11-13-34/h3-9,14-17H,10-13H2,1-2H3,(H,29,32). The third kappa shape index (κ3) is 4.92. The third-order valence-electron chi connectivity index (χ3n) is 6.11. The Balaban J connectivity index is 1.37. The van der Waals surface area contributed by atoms with E-state index in [2.05, 4.69) is 41.9 Å². The summed E-state index contributed by atoms with van der Waals surface area (Å²) in [6, 6.07) is 9.92. The summed E-state index contributed by atoms with van der Waals surface area (Å²) in [5.41, 5.74) is 2.72. The van der Waals surface area contributed by atoms with Gasteiger partial charge in [-0.3, -0.25) is 4.40 Å². The summed E-state index contributed by atoms with van der Waals surface area (Å²) in [5.74, 6) is 1.20. The number of likely N-dealkylation sites (N-methyl/N-ethyl adjacent to an activating group) is 1. The molecule has 0 bridgehead atoms. The number of pyridine rings is 1. The van der Waals surface area contributed by atoms with Crippen molar-refractivity contribution in [3.05, 3.63) is 61.2 Å². The number of piperazine rings is 1. The molecule has 1 fully saturated rings. The SMILES string of the molecule is CC(F)C(F)(F)Oc1cccc(Nc2nccn3c(-c4ccc(N5CCN(C)CC5)nc4)cnc23)c1. The Morgan fingerprint density at radius 3 is 2.56 bits per heavy atom. The van der Waals surface area contributed by atoms with Crippen molar-refractivity contribution in [2.24, 2.45) is 0 Å². The van der Waals surface area contributed by atoms with Crippen LogP contribution in [0.4, 0.5) is 30.5 Å². The molecule has 1 aliphatic rings. The van der Waals surface area contributed by atoms with Crippen LogP contribution in [0, 0.1) is 0 Å². The van der Waals surface area contributed by atoms with E-state index in [4.69, 9.17) is 0 Å². The molecule has 0 spiro atoms. The van der Waals surface area contributed by atoms with Gasteiger partial charge in [0.15, 0.2) is 11.5 Å². The molecule has 0 amide bonds. The maximum atomic E-state index is 13.7. The number of aromatic nitrogens is 4. The molecule has 8 nitrogen and oxygen atoms in total. The number of nitrogens with one attached hydrogen (secondary N) is 1. The van der Waals surface area contributed by atoms with Crippen LogP contribution in [-0.4, -0.2) is 69.8 Å². The van der Waals surface area contributed by atoms with Crippen LogP contribution in [0.3, 0.4) is 0 Å². The number of hydrogen-bond acceptors (Lipinski definition) is 7. The van der Waals surface area contributed by atoms with E-state index in [0.717, 1.165) is 50.2 Å². The van der Waals surface area contributed by atoms with Gasteiger partial charge in [0.1, 0.15) is 11.6 Å². The lowest BCUT2D eigenvalue weighted by atomic mass is 10.2. The normalized spacial score (nSPS) is 15.8. The van der Waals surface area contributed by atoms with Gasteiger partial charge in [0.05, 0.1) is 11.9 Å². The third-order valence-corrected chi connectivity index (χ3v) is 6.11. The van der Waals surface area contributed by atoms with Gasteiger partial charge in [0, 0.05) is 62.1 Å². The molecule has 1 atom stereocenters. The van der Waals surface area contributed by atoms with E-state index in [1.54, 1.807) is 24.7 Å². The number of benzene rings is 1. The van der Waals surface area contributed by atoms with Gasteiger partial charge in [-0.15, -0.1) is 0 Å². The molecule has 0 aliphatic carbocycles. The number of fused-ring (bicyclic) bond motifs is 1. The predicted octanol–water partition coefficient (Wildman–Crippen LogP) is 4.62. The highest BCUT2D eigenvalue weighted by Gasteiger charge is 2.39. The summed E-state index contributed by atoms with van der Waals surface area (Å²) in [6.45, 7) is 4.64. The van der Waals surface area contributed by atoms with Crippen molar-refractivity contribution in [3.63, 3.8) is 0 Å². The molecule has 1 N–H and O–H groups in total. The first-order valence-corrected chi connectivity index (χ1v) is 11.6. The van der Waals surface area contributed by atoms with Crippen LogP contribution in [0.2, 0.25) is 0 Å². The number of nitrogens with zero attached hydrogens (tertiary/aromatic N) is 6. The van der Waals surface area contributed by atoms with Crippen LogP contribution < -0.4 is 15.0 Å². The van der Waals surface area contributed by atoms with Crippen molar-refractivity contribution in [1.29, 1.82) is 0 Å². The number of halogens is 3. The van der Waals surface area contributed by atoms with Crippen molar-refractivity contribution < 1.29 is 17.9 Å². The van der Waals surface area contributed by atoms with Gasteiger partial charge >= 0.3 is 6.11 Å². The molecule has 3 aromatic heterocycles. The Labute approximate surface area is 206 Å². The second-order valence-electron chi connectivity index (χ2n) is 8.74. The highest BCUT2D eigenvalue weighted by molar-refractivity contribution is 5.74. The lowest BCUT2D eigenvalue weighted by Crippen LogP contribution is -2.44. The molecule has 4 aromatic rings. The van der Waals surface area contributed by atoms with Crippen LogP contribution in [0.25, 0.3) is 16.9 Å². The first-order chi connectivity index (χ1) is 17.3. The van der Waals surface area contributed by atoms with Crippen molar-refractivity contribution in [1.82, 2.24) is 24.3 Å². The zero-order chi connectivity index (χ0) is 25.3. The maximum absolute atomic E-state index is 13.7. The molecule has 188 valence electrons. The van der Waals surface area contributed by atoms with E-state index >= 15 is 0 Å². The zero-order valence-corrected chi connectivity index (χ0v) is 19.9. The number of rotatable bonds is 7. The lowest BCUT2D eigenvalue weighted by molar-refractivity contribution is -0.215. The Hall–Kier alpha value is -3.86. The van der Waals surface area contributed by atoms with E-state index in [-0.39, 0.29) is 5.75 Å². The second kappa shape index (κ2) is 9.65. The number of hydrogen-bond donors (Lipinski definition) is 1. The van der Waals surface area contributed by atoms with Crippen LogP contribution in [-0.2, 0) is 0 Å². The highest BCUT2D eigenvalue weighted by Crippen LogP contribution is 2.30. The molecule has 0 radical (unpaired) electrons. The molecule has 1 unspecified atom stereocenters. The molecule has 1 aromatic carbocycles. The number of anilines is 3. The molecule has 11 heteroatoms. The van der Waals surface area contributed by atoms with Crippen LogP contribution in [0.5, 0.6) is 5.75 Å². The van der Waals surface area contributed by atoms with Gasteiger partial charge < -0.3 is 19.9 Å². The minimum Gasteiger partial charge on any atom is -0.430 e. The minimum atomic E-state index is -3.93. The monoisotopic (exact) mass is 497 g/mol. The van der Waals surface area contributed by atoms with E-state index in [1.165, 1.54) is 18.2 Å². The van der Waals surface area contributed by atoms with E-state index in [9.17, 15) is 13.2 Å². The van der Waals surface area contributed by atoms with Crippen molar-refractivity contribution in [3.8, 4) is 17.0 Å². The van der Waals surface area contributed by atoms with Gasteiger partial charge in [0.2, 0.25) is 6.17 Å². The van der Waals surface area contributed by atoms with Crippen LogP contribution >= 0.6 is 0 Å². The molecule has 1 saturated heterocycles. The van der Waals surface area contributed by atoms with Crippen LogP contribution in [0.15, 0.2) is 61.2 Å². The second-order valence-corrected chi connectivity index (χ2v) is 8.74. The first kappa shape index (κ1) is 23.9. The summed E-state index contributed by atoms with van der Waals surface area (Å²) in [5, 5.41) is 3.08. The Kier molecular flexibility index (Phi) is 6.40. The Morgan fingerprint density at radius 2 is 1.83 bits per heavy atom. The summed E-state index contributed by atoms with van der Waals surface area (Å²) < 4.78 is 46.9. The smallest absolute Gasteiger partial charge is 0.429 e. The average Bonchev–Trinajstić information content (AvgIpc) is 3.30. The Morgan fingerprint density at radius 1 is 1.03 bits per heavy atom. The molecular weight excluding hydrogens is 471 g/mol. The van der Waals surface area contributed by atoms with Crippen molar-refractivity contribution in [2.75, 3.05) is 43.4 Å². The summed E-state index contributed by atoms with van der Waals surface area (Å²) >= 11 is 0. The minimum absolute atomic E-state index is 0.169. The van der Waals surface area contributed by atoms with E-state index in [0.29, 0.717) is 17.2 Å². The van der Waals surface area contributed by atoms with Crippen LogP contribution in [0.1, 0.15) is 6.92 Å². The fourth-order valence-corrected chi connectivity index (χ4v) is 3.99. The summed E-state index contributed by atoms with van der Waals surface area (Å²) in [7, 11) is 2.12. The van der Waals surface area contributed by atoms with Crippen molar-refractivity contribution >= 4 is 23.0 Å². The molecular formula is C25H26F3N7O. The van der Waals surface area contributed by atoms with Gasteiger partial charge in [0.25, 0.3) is 0 Å². The van der Waals surface area contributed by atoms with Gasteiger partial charge in [-0.05, 0) is 38.2 Å². The van der Waals surface area contributed by atoms with E-state index in [1.807, 2.05) is 22.7 Å². The predicted molar refractivity (Wildman–Crippen MR) is 132 cm³/mol. The molecule has 0 saturated carbocycles. The number of ether oxygens (including phenoxy) is 1. The van der Waals surface area contributed by atoms with Crippen molar-refractivity contribution in [2.45, 2.75) is 19.2 Å². The number of alkyl halides is 3. The van der Waals surface area contributed by atoms with Gasteiger partial charge in [-0.1, -0.05) is 6.07 Å². The summed E-state index contributed by atoms with van der Waals surface area (Å²) in [6.07, 6.45) is 0.599. The molecule has 1 aliphatic heterocycles. The highest BCUT2D eigenvalue weighted by atomic mass is 19.3. The first-order valence-electron chi connectivity index (χ1n) is 11.6. The number of imidazole rings is 1.